The smallest absolute Gasteiger partial charge is 0.307 e. The summed E-state index contributed by atoms with van der Waals surface area (Å²) < 4.78 is 9.77. The number of hydrogen-bond acceptors (Lipinski definition) is 4. The van der Waals surface area contributed by atoms with Gasteiger partial charge in [-0.1, -0.05) is 25.0 Å². The van der Waals surface area contributed by atoms with Crippen LogP contribution in [0.4, 0.5) is 0 Å². The molecule has 0 spiro atoms. The maximum Gasteiger partial charge on any atom is 0.307 e. The van der Waals surface area contributed by atoms with Crippen molar-refractivity contribution >= 4 is 11.9 Å². The number of carbonyl (C=O) groups excluding carboxylic acids is 2. The first-order valence-corrected chi connectivity index (χ1v) is 6.06. The molecular weight excluding hydrogens is 232 g/mol. The van der Waals surface area contributed by atoms with E-state index in [0.29, 0.717) is 6.42 Å². The van der Waals surface area contributed by atoms with E-state index < -0.39 is 6.10 Å². The van der Waals surface area contributed by atoms with E-state index in [1.165, 1.54) is 0 Å². The quantitative estimate of drug-likeness (QED) is 0.377. The Morgan fingerprint density at radius 2 is 1.94 bits per heavy atom. The number of hydrogen-bond donors (Lipinski definition) is 0. The van der Waals surface area contributed by atoms with Crippen LogP contribution in [-0.2, 0) is 19.1 Å². The minimum atomic E-state index is -0.524. The molecule has 0 heterocycles. The topological polar surface area (TPSA) is 52.6 Å². The van der Waals surface area contributed by atoms with Gasteiger partial charge in [0.15, 0.2) is 6.10 Å². The molecule has 18 heavy (non-hydrogen) atoms. The highest BCUT2D eigenvalue weighted by Gasteiger charge is 2.08. The van der Waals surface area contributed by atoms with Crippen LogP contribution >= 0.6 is 0 Å². The van der Waals surface area contributed by atoms with Crippen molar-refractivity contribution in [2.45, 2.75) is 45.6 Å². The van der Waals surface area contributed by atoms with Crippen LogP contribution in [0.1, 0.15) is 39.5 Å². The Bertz CT molecular complexity index is 325. The fourth-order valence-corrected chi connectivity index (χ4v) is 1.12. The first-order chi connectivity index (χ1) is 8.60. The standard InChI is InChI=1S/C14H20O4/c1-4-6-7-11-17-13(15)9-8-10-14(16)18-12(3)5-2/h2,6-7,12H,4,8-11H2,1,3H3/b7-6+. The molecule has 0 radical (unpaired) electrons. The average Bonchev–Trinajstić information content (AvgIpc) is 2.34. The highest BCUT2D eigenvalue weighted by molar-refractivity contribution is 5.72. The Morgan fingerprint density at radius 1 is 1.28 bits per heavy atom. The molecule has 0 aliphatic heterocycles. The van der Waals surface area contributed by atoms with Crippen molar-refractivity contribution in [3.8, 4) is 12.3 Å². The van der Waals surface area contributed by atoms with E-state index in [-0.39, 0.29) is 31.4 Å². The van der Waals surface area contributed by atoms with E-state index in [1.54, 1.807) is 13.0 Å². The Morgan fingerprint density at radius 3 is 2.56 bits per heavy atom. The van der Waals surface area contributed by atoms with E-state index >= 15 is 0 Å². The lowest BCUT2D eigenvalue weighted by molar-refractivity contribution is -0.146. The SMILES string of the molecule is C#CC(C)OC(=O)CCCC(=O)OC/C=C/CC. The lowest BCUT2D eigenvalue weighted by atomic mass is 10.2. The summed E-state index contributed by atoms with van der Waals surface area (Å²) in [5.74, 6) is 1.59. The molecule has 0 aliphatic rings. The van der Waals surface area contributed by atoms with Gasteiger partial charge in [0.05, 0.1) is 0 Å². The maximum atomic E-state index is 11.2. The molecule has 4 nitrogen and oxygen atoms in total. The highest BCUT2D eigenvalue weighted by atomic mass is 16.5. The van der Waals surface area contributed by atoms with E-state index in [9.17, 15) is 9.59 Å². The van der Waals surface area contributed by atoms with Crippen molar-refractivity contribution < 1.29 is 19.1 Å². The third-order valence-electron chi connectivity index (χ3n) is 2.05. The van der Waals surface area contributed by atoms with Gasteiger partial charge in [0.1, 0.15) is 6.61 Å². The van der Waals surface area contributed by atoms with Crippen molar-refractivity contribution in [1.82, 2.24) is 0 Å². The van der Waals surface area contributed by atoms with E-state index in [0.717, 1.165) is 6.42 Å². The molecular formula is C14H20O4. The number of allylic oxidation sites excluding steroid dienone is 1. The molecule has 0 bridgehead atoms. The van der Waals surface area contributed by atoms with Gasteiger partial charge in [0.2, 0.25) is 0 Å². The molecule has 1 atom stereocenters. The van der Waals surface area contributed by atoms with Crippen LogP contribution in [0.15, 0.2) is 12.2 Å². The summed E-state index contributed by atoms with van der Waals surface area (Å²) in [4.78, 5) is 22.4. The summed E-state index contributed by atoms with van der Waals surface area (Å²) in [6.45, 7) is 3.90. The summed E-state index contributed by atoms with van der Waals surface area (Å²) in [7, 11) is 0. The third kappa shape index (κ3) is 9.46. The van der Waals surface area contributed by atoms with Crippen molar-refractivity contribution in [1.29, 1.82) is 0 Å². The minimum absolute atomic E-state index is 0.173. The summed E-state index contributed by atoms with van der Waals surface area (Å²) in [5.41, 5.74) is 0. The zero-order valence-electron chi connectivity index (χ0n) is 11.0. The lowest BCUT2D eigenvalue weighted by Gasteiger charge is -2.06. The van der Waals surface area contributed by atoms with Gasteiger partial charge in [-0.2, -0.15) is 0 Å². The second-order valence-corrected chi connectivity index (χ2v) is 3.71. The summed E-state index contributed by atoms with van der Waals surface area (Å²) >= 11 is 0. The van der Waals surface area contributed by atoms with Crippen molar-refractivity contribution in [3.63, 3.8) is 0 Å². The molecule has 0 rings (SSSR count). The number of carbonyl (C=O) groups is 2. The molecule has 0 aliphatic carbocycles. The normalized spacial score (nSPS) is 11.8. The van der Waals surface area contributed by atoms with Crippen LogP contribution in [0.25, 0.3) is 0 Å². The Hall–Kier alpha value is -1.76. The molecule has 0 aromatic rings. The second-order valence-electron chi connectivity index (χ2n) is 3.71. The van der Waals surface area contributed by atoms with Gasteiger partial charge in [-0.25, -0.2) is 0 Å². The molecule has 0 saturated carbocycles. The first kappa shape index (κ1) is 16.2. The maximum absolute atomic E-state index is 11.2. The number of esters is 2. The first-order valence-electron chi connectivity index (χ1n) is 6.06. The van der Waals surface area contributed by atoms with Crippen molar-refractivity contribution in [3.05, 3.63) is 12.2 Å². The van der Waals surface area contributed by atoms with Crippen LogP contribution in [0.3, 0.4) is 0 Å². The van der Waals surface area contributed by atoms with E-state index in [4.69, 9.17) is 15.9 Å². The van der Waals surface area contributed by atoms with Gasteiger partial charge in [-0.15, -0.1) is 6.42 Å². The summed E-state index contributed by atoms with van der Waals surface area (Å²) in [6.07, 6.45) is 9.96. The van der Waals surface area contributed by atoms with Gasteiger partial charge in [0, 0.05) is 12.8 Å². The van der Waals surface area contributed by atoms with E-state index in [2.05, 4.69) is 5.92 Å². The minimum Gasteiger partial charge on any atom is -0.461 e. The van der Waals surface area contributed by atoms with Gasteiger partial charge in [0.25, 0.3) is 0 Å². The predicted octanol–water partition coefficient (Wildman–Crippen LogP) is 2.23. The molecule has 4 heteroatoms. The number of ether oxygens (including phenoxy) is 2. The highest BCUT2D eigenvalue weighted by Crippen LogP contribution is 2.02. The van der Waals surface area contributed by atoms with E-state index in [1.807, 2.05) is 13.0 Å². The monoisotopic (exact) mass is 252 g/mol. The van der Waals surface area contributed by atoms with Gasteiger partial charge in [-0.3, -0.25) is 9.59 Å². The Labute approximate surface area is 108 Å². The number of terminal acetylenes is 1. The largest absolute Gasteiger partial charge is 0.461 e. The van der Waals surface area contributed by atoms with Crippen LogP contribution in [0.2, 0.25) is 0 Å². The Kier molecular flexibility index (Phi) is 9.38. The third-order valence-corrected chi connectivity index (χ3v) is 2.05. The molecule has 0 aromatic carbocycles. The van der Waals surface area contributed by atoms with Crippen LogP contribution in [-0.4, -0.2) is 24.6 Å². The Balaban J connectivity index is 3.59. The average molecular weight is 252 g/mol. The second kappa shape index (κ2) is 10.4. The molecule has 1 unspecified atom stereocenters. The fourth-order valence-electron chi connectivity index (χ4n) is 1.12. The van der Waals surface area contributed by atoms with Gasteiger partial charge >= 0.3 is 11.9 Å². The van der Waals surface area contributed by atoms with Crippen LogP contribution < -0.4 is 0 Å². The molecule has 0 N–H and O–H groups in total. The van der Waals surface area contributed by atoms with Crippen LogP contribution in [0, 0.1) is 12.3 Å². The van der Waals surface area contributed by atoms with Gasteiger partial charge in [-0.05, 0) is 19.8 Å². The molecule has 100 valence electrons. The zero-order chi connectivity index (χ0) is 13.8. The zero-order valence-corrected chi connectivity index (χ0v) is 11.0. The molecule has 0 fully saturated rings. The molecule has 0 amide bonds. The predicted molar refractivity (Wildman–Crippen MR) is 68.6 cm³/mol. The lowest BCUT2D eigenvalue weighted by Crippen LogP contribution is -2.13. The fraction of sp³-hybridized carbons (Fsp3) is 0.571. The number of rotatable bonds is 8. The van der Waals surface area contributed by atoms with Crippen LogP contribution in [0.5, 0.6) is 0 Å². The molecule has 0 saturated heterocycles. The van der Waals surface area contributed by atoms with Gasteiger partial charge < -0.3 is 9.47 Å². The summed E-state index contributed by atoms with van der Waals surface area (Å²) in [5, 5.41) is 0. The summed E-state index contributed by atoms with van der Waals surface area (Å²) in [6, 6.07) is 0. The van der Waals surface area contributed by atoms with Crippen molar-refractivity contribution in [2.75, 3.05) is 6.61 Å². The van der Waals surface area contributed by atoms with Crippen molar-refractivity contribution in [2.24, 2.45) is 0 Å². The molecule has 0 aromatic heterocycles.